The number of allylic oxidation sites excluding steroid dienone is 4. The van der Waals surface area contributed by atoms with E-state index in [0.29, 0.717) is 24.8 Å². The van der Waals surface area contributed by atoms with Gasteiger partial charge in [0, 0.05) is 16.7 Å². The number of rotatable bonds is 1. The Bertz CT molecular complexity index is 789. The first-order valence-corrected chi connectivity index (χ1v) is 9.70. The van der Waals surface area contributed by atoms with Gasteiger partial charge in [-0.2, -0.15) is 0 Å². The molecule has 6 heteroatoms. The Morgan fingerprint density at radius 2 is 1.96 bits per heavy atom. The third-order valence-electron chi connectivity index (χ3n) is 8.55. The quantitative estimate of drug-likeness (QED) is 0.651. The van der Waals surface area contributed by atoms with E-state index >= 15 is 4.39 Å². The van der Waals surface area contributed by atoms with E-state index in [0.717, 1.165) is 0 Å². The molecule has 0 bridgehead atoms. The number of fused-ring (bicyclic) bond motifs is 5. The number of hydrogen-bond donors (Lipinski definition) is 3. The highest BCUT2D eigenvalue weighted by Crippen LogP contribution is 2.70. The number of aliphatic hydroxyl groups excluding tert-OH is 1. The second kappa shape index (κ2) is 5.29. The summed E-state index contributed by atoms with van der Waals surface area (Å²) in [5.74, 6) is -2.94. The van der Waals surface area contributed by atoms with Crippen LogP contribution in [0.3, 0.4) is 0 Å². The minimum Gasteiger partial charge on any atom is -0.479 e. The van der Waals surface area contributed by atoms with Crippen LogP contribution in [0, 0.1) is 28.6 Å². The summed E-state index contributed by atoms with van der Waals surface area (Å²) in [6, 6.07) is 0. The van der Waals surface area contributed by atoms with Gasteiger partial charge in [0.1, 0.15) is 0 Å². The summed E-state index contributed by atoms with van der Waals surface area (Å²) in [6.07, 6.45) is 4.22. The number of aliphatic hydroxyl groups is 2. The normalized spacial score (nSPS) is 54.0. The van der Waals surface area contributed by atoms with Crippen molar-refractivity contribution in [2.24, 2.45) is 28.6 Å². The van der Waals surface area contributed by atoms with Crippen molar-refractivity contribution in [2.75, 3.05) is 0 Å². The summed E-state index contributed by atoms with van der Waals surface area (Å²) in [6.45, 7) is 5.10. The second-order valence-corrected chi connectivity index (χ2v) is 9.47. The molecule has 0 spiro atoms. The van der Waals surface area contributed by atoms with E-state index in [-0.39, 0.29) is 18.1 Å². The topological polar surface area (TPSA) is 94.8 Å². The number of aliphatic carboxylic acids is 1. The fourth-order valence-electron chi connectivity index (χ4n) is 7.00. The van der Waals surface area contributed by atoms with Gasteiger partial charge in [0.05, 0.1) is 6.10 Å². The lowest BCUT2D eigenvalue weighted by Crippen LogP contribution is -2.69. The molecule has 0 heterocycles. The molecule has 4 aliphatic carbocycles. The highest BCUT2D eigenvalue weighted by molar-refractivity contribution is 6.01. The van der Waals surface area contributed by atoms with Gasteiger partial charge in [-0.15, -0.1) is 0 Å². The molecule has 8 atom stereocenters. The van der Waals surface area contributed by atoms with Crippen molar-refractivity contribution in [3.05, 3.63) is 23.8 Å². The van der Waals surface area contributed by atoms with E-state index in [1.165, 1.54) is 12.2 Å². The molecule has 4 rings (SSSR count). The van der Waals surface area contributed by atoms with Crippen molar-refractivity contribution in [1.82, 2.24) is 0 Å². The molecular weight excluding hydrogens is 351 g/mol. The Kier molecular flexibility index (Phi) is 3.69. The molecule has 3 N–H and O–H groups in total. The molecule has 3 fully saturated rings. The molecule has 5 nitrogen and oxygen atoms in total. The van der Waals surface area contributed by atoms with Crippen molar-refractivity contribution in [3.8, 4) is 0 Å². The maximum atomic E-state index is 16.8. The van der Waals surface area contributed by atoms with Crippen LogP contribution in [0.5, 0.6) is 0 Å². The average Bonchev–Trinajstić information content (AvgIpc) is 2.79. The molecule has 27 heavy (non-hydrogen) atoms. The van der Waals surface area contributed by atoms with Crippen molar-refractivity contribution < 1.29 is 29.3 Å². The fourth-order valence-corrected chi connectivity index (χ4v) is 7.00. The summed E-state index contributed by atoms with van der Waals surface area (Å²) >= 11 is 0. The first-order valence-electron chi connectivity index (χ1n) is 9.70. The number of carbonyl (C=O) groups is 2. The van der Waals surface area contributed by atoms with Crippen LogP contribution in [0.25, 0.3) is 0 Å². The van der Waals surface area contributed by atoms with Crippen LogP contribution in [-0.2, 0) is 9.59 Å². The summed E-state index contributed by atoms with van der Waals surface area (Å²) in [5.41, 5.74) is -5.51. The predicted molar refractivity (Wildman–Crippen MR) is 95.5 cm³/mol. The van der Waals surface area contributed by atoms with Crippen LogP contribution in [0.2, 0.25) is 0 Å². The van der Waals surface area contributed by atoms with Gasteiger partial charge < -0.3 is 15.3 Å². The summed E-state index contributed by atoms with van der Waals surface area (Å²) in [5, 5.41) is 31.9. The lowest BCUT2D eigenvalue weighted by Gasteiger charge is -2.62. The van der Waals surface area contributed by atoms with Gasteiger partial charge in [0.15, 0.2) is 17.1 Å². The van der Waals surface area contributed by atoms with E-state index in [4.69, 9.17) is 0 Å². The lowest BCUT2D eigenvalue weighted by atomic mass is 9.45. The molecule has 0 aromatic rings. The van der Waals surface area contributed by atoms with Crippen molar-refractivity contribution in [2.45, 2.75) is 63.8 Å². The van der Waals surface area contributed by atoms with Crippen LogP contribution < -0.4 is 0 Å². The van der Waals surface area contributed by atoms with Crippen LogP contribution >= 0.6 is 0 Å². The number of carboxylic acids is 1. The van der Waals surface area contributed by atoms with Gasteiger partial charge in [0.25, 0.3) is 0 Å². The molecule has 0 aliphatic heterocycles. The number of carbonyl (C=O) groups excluding carboxylic acids is 1. The predicted octanol–water partition coefficient (Wildman–Crippen LogP) is 2.42. The smallest absolute Gasteiger partial charge is 0.336 e. The van der Waals surface area contributed by atoms with Gasteiger partial charge in [-0.1, -0.05) is 25.5 Å². The standard InChI is InChI=1S/C21H27FO5/c1-11-8-15-14-5-4-12-9-13(23)6-7-18(12,2)20(14,22)16(24)10-19(15,3)21(11,27)17(25)26/h6-7,9,11,14-16,24,27H,4-5,8,10H2,1-3H3,(H,25,26)/t11-,14?,15+,16+,18?,19+,20+,21+/m1/s1. The van der Waals surface area contributed by atoms with E-state index in [9.17, 15) is 24.9 Å². The second-order valence-electron chi connectivity index (χ2n) is 9.47. The zero-order chi connectivity index (χ0) is 20.0. The van der Waals surface area contributed by atoms with Crippen molar-refractivity contribution in [1.29, 1.82) is 0 Å². The third-order valence-corrected chi connectivity index (χ3v) is 8.55. The monoisotopic (exact) mass is 378 g/mol. The molecule has 0 aromatic carbocycles. The Labute approximate surface area is 158 Å². The van der Waals surface area contributed by atoms with Gasteiger partial charge in [-0.3, -0.25) is 4.79 Å². The first kappa shape index (κ1) is 18.8. The van der Waals surface area contributed by atoms with E-state index in [2.05, 4.69) is 0 Å². The number of alkyl halides is 1. The number of halogens is 1. The van der Waals surface area contributed by atoms with E-state index < -0.39 is 46.0 Å². The molecular formula is C21H27FO5. The highest BCUT2D eigenvalue weighted by atomic mass is 19.1. The Morgan fingerprint density at radius 3 is 2.59 bits per heavy atom. The maximum Gasteiger partial charge on any atom is 0.336 e. The Hall–Kier alpha value is -1.53. The molecule has 0 amide bonds. The van der Waals surface area contributed by atoms with Crippen LogP contribution in [0.15, 0.2) is 23.8 Å². The zero-order valence-corrected chi connectivity index (χ0v) is 15.9. The van der Waals surface area contributed by atoms with Crippen LogP contribution in [-0.4, -0.2) is 44.4 Å². The Balaban J connectivity index is 1.85. The minimum atomic E-state index is -2.00. The fraction of sp³-hybridized carbons (Fsp3) is 0.714. The molecule has 4 aliphatic rings. The van der Waals surface area contributed by atoms with Gasteiger partial charge in [-0.05, 0) is 56.6 Å². The van der Waals surface area contributed by atoms with Crippen LogP contribution in [0.1, 0.15) is 46.5 Å². The summed E-state index contributed by atoms with van der Waals surface area (Å²) < 4.78 is 16.8. The average molecular weight is 378 g/mol. The molecule has 148 valence electrons. The highest BCUT2D eigenvalue weighted by Gasteiger charge is 2.76. The van der Waals surface area contributed by atoms with E-state index in [1.807, 2.05) is 0 Å². The largest absolute Gasteiger partial charge is 0.479 e. The summed E-state index contributed by atoms with van der Waals surface area (Å²) in [4.78, 5) is 23.8. The number of ketones is 1. The van der Waals surface area contributed by atoms with Gasteiger partial charge in [0.2, 0.25) is 0 Å². The molecule has 3 saturated carbocycles. The number of carboxylic acid groups (broad SMARTS) is 1. The molecule has 2 unspecified atom stereocenters. The number of hydrogen-bond acceptors (Lipinski definition) is 4. The van der Waals surface area contributed by atoms with Crippen molar-refractivity contribution in [3.63, 3.8) is 0 Å². The lowest BCUT2D eigenvalue weighted by molar-refractivity contribution is -0.225. The van der Waals surface area contributed by atoms with Crippen molar-refractivity contribution >= 4 is 11.8 Å². The minimum absolute atomic E-state index is 0.123. The van der Waals surface area contributed by atoms with E-state index in [1.54, 1.807) is 26.8 Å². The zero-order valence-electron chi connectivity index (χ0n) is 15.9. The molecule has 0 radical (unpaired) electrons. The van der Waals surface area contributed by atoms with Crippen LogP contribution in [0.4, 0.5) is 4.39 Å². The summed E-state index contributed by atoms with van der Waals surface area (Å²) in [7, 11) is 0. The Morgan fingerprint density at radius 1 is 1.30 bits per heavy atom. The first-order chi connectivity index (χ1) is 12.4. The SMILES string of the molecule is C[C@@H]1C[C@H]2C3CCC4=CC(=O)C=CC4(C)[C@@]3(F)[C@@H](O)C[C@]2(C)[C@@]1(O)C(=O)O. The molecule has 0 aromatic heterocycles. The van der Waals surface area contributed by atoms with Gasteiger partial charge in [-0.25, -0.2) is 9.18 Å². The molecule has 0 saturated heterocycles. The third kappa shape index (κ3) is 1.91. The van der Waals surface area contributed by atoms with Gasteiger partial charge >= 0.3 is 5.97 Å². The maximum absolute atomic E-state index is 16.8.